The standard InChI is InChI=1S/C13H22N4O2/c1-2-19-8-13-16-11(14)7-12(17-13)15-9-5-3-4-6-10(9)18/h7,9-10,18H,2-6,8H2,1H3,(H3,14,15,16,17). The van der Waals surface area contributed by atoms with Crippen LogP contribution in [-0.2, 0) is 11.3 Å². The number of nitrogens with zero attached hydrogens (tertiary/aromatic N) is 2. The van der Waals surface area contributed by atoms with Crippen LogP contribution >= 0.6 is 0 Å². The number of aliphatic hydroxyl groups excluding tert-OH is 1. The quantitative estimate of drug-likeness (QED) is 0.744. The van der Waals surface area contributed by atoms with Gasteiger partial charge in [-0.05, 0) is 19.8 Å². The van der Waals surface area contributed by atoms with Crippen molar-refractivity contribution in [2.75, 3.05) is 17.7 Å². The molecule has 1 saturated carbocycles. The number of nitrogens with one attached hydrogen (secondary N) is 1. The summed E-state index contributed by atoms with van der Waals surface area (Å²) in [5.74, 6) is 1.64. The Labute approximate surface area is 113 Å². The monoisotopic (exact) mass is 266 g/mol. The second-order valence-electron chi connectivity index (χ2n) is 4.83. The van der Waals surface area contributed by atoms with Gasteiger partial charge in [0.1, 0.15) is 18.2 Å². The van der Waals surface area contributed by atoms with Crippen LogP contribution in [0.3, 0.4) is 0 Å². The number of nitrogens with two attached hydrogens (primary N) is 1. The molecule has 0 radical (unpaired) electrons. The molecule has 0 aromatic carbocycles. The zero-order chi connectivity index (χ0) is 13.7. The fraction of sp³-hybridized carbons (Fsp3) is 0.692. The van der Waals surface area contributed by atoms with Gasteiger partial charge < -0.3 is 20.9 Å². The normalized spacial score (nSPS) is 23.3. The van der Waals surface area contributed by atoms with Crippen molar-refractivity contribution in [2.24, 2.45) is 0 Å². The molecule has 6 heteroatoms. The van der Waals surface area contributed by atoms with E-state index in [2.05, 4.69) is 15.3 Å². The molecule has 0 saturated heterocycles. The van der Waals surface area contributed by atoms with E-state index < -0.39 is 0 Å². The molecule has 2 unspecified atom stereocenters. The van der Waals surface area contributed by atoms with Gasteiger partial charge >= 0.3 is 0 Å². The maximum Gasteiger partial charge on any atom is 0.158 e. The predicted octanol–water partition coefficient (Wildman–Crippen LogP) is 1.31. The van der Waals surface area contributed by atoms with Crippen LogP contribution in [0.1, 0.15) is 38.4 Å². The lowest BCUT2D eigenvalue weighted by Gasteiger charge is -2.28. The summed E-state index contributed by atoms with van der Waals surface area (Å²) in [5, 5.41) is 13.2. The Morgan fingerprint density at radius 1 is 1.42 bits per heavy atom. The van der Waals surface area contributed by atoms with Crippen LogP contribution in [0.15, 0.2) is 6.07 Å². The molecule has 0 aliphatic heterocycles. The highest BCUT2D eigenvalue weighted by molar-refractivity contribution is 5.45. The molecule has 1 heterocycles. The Balaban J connectivity index is 2.04. The number of rotatable bonds is 5. The first-order valence-corrected chi connectivity index (χ1v) is 6.85. The van der Waals surface area contributed by atoms with Crippen molar-refractivity contribution in [2.45, 2.75) is 51.4 Å². The summed E-state index contributed by atoms with van der Waals surface area (Å²) < 4.78 is 5.28. The van der Waals surface area contributed by atoms with Crippen molar-refractivity contribution < 1.29 is 9.84 Å². The molecule has 1 aliphatic carbocycles. The summed E-state index contributed by atoms with van der Waals surface area (Å²) in [6.45, 7) is 2.88. The summed E-state index contributed by atoms with van der Waals surface area (Å²) in [6.07, 6.45) is 3.68. The molecule has 0 bridgehead atoms. The Bertz CT molecular complexity index is 414. The summed E-state index contributed by atoms with van der Waals surface area (Å²) in [6, 6.07) is 1.74. The molecule has 1 aromatic heterocycles. The van der Waals surface area contributed by atoms with E-state index >= 15 is 0 Å². The molecular weight excluding hydrogens is 244 g/mol. The van der Waals surface area contributed by atoms with Gasteiger partial charge in [-0.25, -0.2) is 9.97 Å². The van der Waals surface area contributed by atoms with Crippen molar-refractivity contribution in [3.05, 3.63) is 11.9 Å². The molecule has 4 N–H and O–H groups in total. The van der Waals surface area contributed by atoms with Crippen molar-refractivity contribution in [3.8, 4) is 0 Å². The SMILES string of the molecule is CCOCc1nc(N)cc(NC2CCCCC2O)n1. The van der Waals surface area contributed by atoms with Crippen LogP contribution < -0.4 is 11.1 Å². The average molecular weight is 266 g/mol. The Morgan fingerprint density at radius 3 is 2.95 bits per heavy atom. The Morgan fingerprint density at radius 2 is 2.21 bits per heavy atom. The molecule has 19 heavy (non-hydrogen) atoms. The summed E-state index contributed by atoms with van der Waals surface area (Å²) in [7, 11) is 0. The van der Waals surface area contributed by atoms with Gasteiger partial charge in [-0.2, -0.15) is 0 Å². The number of ether oxygens (including phenoxy) is 1. The van der Waals surface area contributed by atoms with E-state index in [-0.39, 0.29) is 12.1 Å². The summed E-state index contributed by atoms with van der Waals surface area (Å²) in [4.78, 5) is 8.48. The van der Waals surface area contributed by atoms with E-state index in [1.54, 1.807) is 6.07 Å². The van der Waals surface area contributed by atoms with E-state index in [9.17, 15) is 5.11 Å². The van der Waals surface area contributed by atoms with Crippen molar-refractivity contribution in [1.29, 1.82) is 0 Å². The average Bonchev–Trinajstić information content (AvgIpc) is 2.38. The number of nitrogen functional groups attached to an aromatic ring is 1. The highest BCUT2D eigenvalue weighted by atomic mass is 16.5. The molecular formula is C13H22N4O2. The van der Waals surface area contributed by atoms with Gasteiger partial charge in [-0.1, -0.05) is 12.8 Å². The fourth-order valence-electron chi connectivity index (χ4n) is 2.32. The molecule has 2 atom stereocenters. The molecule has 6 nitrogen and oxygen atoms in total. The lowest BCUT2D eigenvalue weighted by atomic mass is 9.92. The van der Waals surface area contributed by atoms with E-state index in [0.717, 1.165) is 25.7 Å². The number of hydrogen-bond donors (Lipinski definition) is 3. The minimum Gasteiger partial charge on any atom is -0.391 e. The third-order valence-corrected chi connectivity index (χ3v) is 3.29. The van der Waals surface area contributed by atoms with Crippen LogP contribution in [0.25, 0.3) is 0 Å². The lowest BCUT2D eigenvalue weighted by Crippen LogP contribution is -2.36. The lowest BCUT2D eigenvalue weighted by molar-refractivity contribution is 0.116. The van der Waals surface area contributed by atoms with Crippen molar-refractivity contribution in [1.82, 2.24) is 9.97 Å². The zero-order valence-corrected chi connectivity index (χ0v) is 11.3. The van der Waals surface area contributed by atoms with E-state index in [4.69, 9.17) is 10.5 Å². The molecule has 1 aromatic rings. The first-order valence-electron chi connectivity index (χ1n) is 6.85. The number of hydrogen-bond acceptors (Lipinski definition) is 6. The van der Waals surface area contributed by atoms with Crippen molar-refractivity contribution in [3.63, 3.8) is 0 Å². The topological polar surface area (TPSA) is 93.3 Å². The van der Waals surface area contributed by atoms with E-state index in [0.29, 0.717) is 30.7 Å². The maximum atomic E-state index is 9.95. The second kappa shape index (κ2) is 6.68. The molecule has 0 amide bonds. The van der Waals surface area contributed by atoms with Crippen LogP contribution in [0, 0.1) is 0 Å². The molecule has 106 valence electrons. The summed E-state index contributed by atoms with van der Waals surface area (Å²) >= 11 is 0. The molecule has 2 rings (SSSR count). The number of aliphatic hydroxyl groups is 1. The largest absolute Gasteiger partial charge is 0.391 e. The van der Waals surface area contributed by atoms with E-state index in [1.165, 1.54) is 0 Å². The minimum absolute atomic E-state index is 0.0444. The summed E-state index contributed by atoms with van der Waals surface area (Å²) in [5.41, 5.74) is 5.76. The predicted molar refractivity (Wildman–Crippen MR) is 73.7 cm³/mol. The van der Waals surface area contributed by atoms with Crippen LogP contribution in [-0.4, -0.2) is 33.8 Å². The van der Waals surface area contributed by atoms with Gasteiger partial charge in [0.2, 0.25) is 0 Å². The third kappa shape index (κ3) is 4.04. The Hall–Kier alpha value is -1.40. The van der Waals surface area contributed by atoms with E-state index in [1.807, 2.05) is 6.92 Å². The highest BCUT2D eigenvalue weighted by Gasteiger charge is 2.23. The van der Waals surface area contributed by atoms with Gasteiger partial charge in [0, 0.05) is 12.7 Å². The Kier molecular flexibility index (Phi) is 4.93. The zero-order valence-electron chi connectivity index (χ0n) is 11.3. The van der Waals surface area contributed by atoms with Crippen LogP contribution in [0.2, 0.25) is 0 Å². The van der Waals surface area contributed by atoms with Gasteiger partial charge in [0.05, 0.1) is 12.1 Å². The number of anilines is 2. The fourth-order valence-corrected chi connectivity index (χ4v) is 2.32. The van der Waals surface area contributed by atoms with Crippen LogP contribution in [0.4, 0.5) is 11.6 Å². The van der Waals surface area contributed by atoms with Gasteiger partial charge in [-0.15, -0.1) is 0 Å². The second-order valence-corrected chi connectivity index (χ2v) is 4.83. The molecule has 1 fully saturated rings. The maximum absolute atomic E-state index is 9.95. The van der Waals surface area contributed by atoms with Gasteiger partial charge in [-0.3, -0.25) is 0 Å². The van der Waals surface area contributed by atoms with Crippen LogP contribution in [0.5, 0.6) is 0 Å². The van der Waals surface area contributed by atoms with Gasteiger partial charge in [0.25, 0.3) is 0 Å². The third-order valence-electron chi connectivity index (χ3n) is 3.29. The van der Waals surface area contributed by atoms with Gasteiger partial charge in [0.15, 0.2) is 5.82 Å². The number of aromatic nitrogens is 2. The first-order chi connectivity index (χ1) is 9.19. The smallest absolute Gasteiger partial charge is 0.158 e. The first kappa shape index (κ1) is 14.0. The highest BCUT2D eigenvalue weighted by Crippen LogP contribution is 2.22. The molecule has 1 aliphatic rings. The van der Waals surface area contributed by atoms with Crippen molar-refractivity contribution >= 4 is 11.6 Å². The minimum atomic E-state index is -0.319. The molecule has 0 spiro atoms.